The van der Waals surface area contributed by atoms with Crippen LogP contribution in [0.1, 0.15) is 30.9 Å². The molecule has 4 nitrogen and oxygen atoms in total. The van der Waals surface area contributed by atoms with E-state index in [1.54, 1.807) is 0 Å². The summed E-state index contributed by atoms with van der Waals surface area (Å²) in [7, 11) is 0. The molecule has 90 valence electrons. The van der Waals surface area contributed by atoms with Crippen LogP contribution in [0.25, 0.3) is 0 Å². The van der Waals surface area contributed by atoms with Gasteiger partial charge in [0, 0.05) is 36.4 Å². The number of hydrazine groups is 1. The third kappa shape index (κ3) is 1.52. The van der Waals surface area contributed by atoms with Crippen LogP contribution in [0, 0.1) is 5.92 Å². The average molecular weight is 230 g/mol. The van der Waals surface area contributed by atoms with Gasteiger partial charge in [0.2, 0.25) is 0 Å². The molecule has 5 unspecified atom stereocenters. The zero-order valence-corrected chi connectivity index (χ0v) is 9.76. The molecule has 2 bridgehead atoms. The lowest BCUT2D eigenvalue weighted by Gasteiger charge is -2.34. The SMILES string of the molecule is c1cc(C2NNC3CC4CCC(N4)C32)ccn1. The number of piperidine rings is 1. The quantitative estimate of drug-likeness (QED) is 0.666. The summed E-state index contributed by atoms with van der Waals surface area (Å²) in [5.41, 5.74) is 8.33. The maximum absolute atomic E-state index is 4.10. The van der Waals surface area contributed by atoms with E-state index in [1.807, 2.05) is 12.4 Å². The van der Waals surface area contributed by atoms with E-state index in [0.29, 0.717) is 24.0 Å². The molecule has 3 aliphatic rings. The molecule has 1 aromatic heterocycles. The summed E-state index contributed by atoms with van der Waals surface area (Å²) in [6, 6.07) is 6.74. The number of nitrogens with one attached hydrogen (secondary N) is 3. The van der Waals surface area contributed by atoms with E-state index in [2.05, 4.69) is 33.3 Å². The second kappa shape index (κ2) is 3.77. The van der Waals surface area contributed by atoms with E-state index in [4.69, 9.17) is 0 Å². The molecule has 3 fully saturated rings. The highest BCUT2D eigenvalue weighted by Gasteiger charge is 2.48. The van der Waals surface area contributed by atoms with E-state index in [9.17, 15) is 0 Å². The zero-order chi connectivity index (χ0) is 11.2. The van der Waals surface area contributed by atoms with Gasteiger partial charge in [-0.3, -0.25) is 10.4 Å². The average Bonchev–Trinajstić information content (AvgIpc) is 2.96. The highest BCUT2D eigenvalue weighted by atomic mass is 15.4. The third-order valence-electron chi connectivity index (χ3n) is 4.62. The molecule has 3 N–H and O–H groups in total. The first-order valence-corrected chi connectivity index (χ1v) is 6.59. The predicted molar refractivity (Wildman–Crippen MR) is 65.1 cm³/mol. The molecule has 0 aliphatic carbocycles. The summed E-state index contributed by atoms with van der Waals surface area (Å²) < 4.78 is 0. The number of fused-ring (bicyclic) bond motifs is 4. The summed E-state index contributed by atoms with van der Waals surface area (Å²) >= 11 is 0. The minimum absolute atomic E-state index is 0.430. The van der Waals surface area contributed by atoms with Crippen LogP contribution in [0.5, 0.6) is 0 Å². The van der Waals surface area contributed by atoms with Crippen LogP contribution in [-0.2, 0) is 0 Å². The lowest BCUT2D eigenvalue weighted by atomic mass is 9.81. The topological polar surface area (TPSA) is 49.0 Å². The molecule has 1 aromatic rings. The number of aromatic nitrogens is 1. The van der Waals surface area contributed by atoms with Crippen LogP contribution in [0.2, 0.25) is 0 Å². The van der Waals surface area contributed by atoms with Crippen molar-refractivity contribution in [2.24, 2.45) is 5.92 Å². The van der Waals surface area contributed by atoms with Crippen molar-refractivity contribution in [3.8, 4) is 0 Å². The molecule has 0 amide bonds. The largest absolute Gasteiger partial charge is 0.311 e. The highest BCUT2D eigenvalue weighted by Crippen LogP contribution is 2.41. The van der Waals surface area contributed by atoms with E-state index >= 15 is 0 Å². The van der Waals surface area contributed by atoms with E-state index in [1.165, 1.54) is 24.8 Å². The number of nitrogens with zero attached hydrogens (tertiary/aromatic N) is 1. The lowest BCUT2D eigenvalue weighted by Crippen LogP contribution is -2.49. The van der Waals surface area contributed by atoms with Gasteiger partial charge >= 0.3 is 0 Å². The second-order valence-electron chi connectivity index (χ2n) is 5.51. The van der Waals surface area contributed by atoms with Crippen molar-refractivity contribution in [1.29, 1.82) is 0 Å². The van der Waals surface area contributed by atoms with Crippen molar-refractivity contribution in [1.82, 2.24) is 21.2 Å². The Morgan fingerprint density at radius 1 is 1.06 bits per heavy atom. The summed E-state index contributed by atoms with van der Waals surface area (Å²) in [5, 5.41) is 3.77. The standard InChI is InChI=1S/C13H18N4/c1-2-10-12-11(7-9(1)15-10)16-17-13(12)8-3-5-14-6-4-8/h3-6,9-13,15-17H,1-2,7H2. The van der Waals surface area contributed by atoms with Crippen molar-refractivity contribution >= 4 is 0 Å². The first-order chi connectivity index (χ1) is 8.42. The van der Waals surface area contributed by atoms with Crippen LogP contribution in [0.3, 0.4) is 0 Å². The second-order valence-corrected chi connectivity index (χ2v) is 5.51. The van der Waals surface area contributed by atoms with Gasteiger partial charge in [0.05, 0.1) is 6.04 Å². The summed E-state index contributed by atoms with van der Waals surface area (Å²) in [4.78, 5) is 4.10. The Morgan fingerprint density at radius 2 is 1.94 bits per heavy atom. The molecule has 4 rings (SSSR count). The van der Waals surface area contributed by atoms with Gasteiger partial charge < -0.3 is 5.32 Å². The number of hydrogen-bond donors (Lipinski definition) is 3. The van der Waals surface area contributed by atoms with Crippen molar-refractivity contribution in [3.05, 3.63) is 30.1 Å². The normalized spacial score (nSPS) is 43.6. The zero-order valence-electron chi connectivity index (χ0n) is 9.76. The maximum atomic E-state index is 4.10. The van der Waals surface area contributed by atoms with Gasteiger partial charge in [0.25, 0.3) is 0 Å². The van der Waals surface area contributed by atoms with Gasteiger partial charge in [-0.1, -0.05) is 0 Å². The van der Waals surface area contributed by atoms with E-state index in [-0.39, 0.29) is 0 Å². The third-order valence-corrected chi connectivity index (χ3v) is 4.62. The summed E-state index contributed by atoms with van der Waals surface area (Å²) in [5.74, 6) is 0.677. The fraction of sp³-hybridized carbons (Fsp3) is 0.615. The monoisotopic (exact) mass is 230 g/mol. The fourth-order valence-corrected chi connectivity index (χ4v) is 3.87. The smallest absolute Gasteiger partial charge is 0.0522 e. The molecule has 4 heterocycles. The van der Waals surface area contributed by atoms with Crippen LogP contribution in [-0.4, -0.2) is 23.1 Å². The van der Waals surface area contributed by atoms with Gasteiger partial charge in [-0.25, -0.2) is 5.43 Å². The minimum Gasteiger partial charge on any atom is -0.311 e. The minimum atomic E-state index is 0.430. The Bertz CT molecular complexity index is 405. The molecule has 0 saturated carbocycles. The van der Waals surface area contributed by atoms with E-state index in [0.717, 1.165) is 6.04 Å². The van der Waals surface area contributed by atoms with Gasteiger partial charge in [0.1, 0.15) is 0 Å². The molecule has 0 aromatic carbocycles. The van der Waals surface area contributed by atoms with Crippen molar-refractivity contribution < 1.29 is 0 Å². The lowest BCUT2D eigenvalue weighted by molar-refractivity contribution is 0.250. The Morgan fingerprint density at radius 3 is 2.82 bits per heavy atom. The van der Waals surface area contributed by atoms with Crippen molar-refractivity contribution in [2.45, 2.75) is 43.4 Å². The van der Waals surface area contributed by atoms with Crippen LogP contribution >= 0.6 is 0 Å². The van der Waals surface area contributed by atoms with Crippen molar-refractivity contribution in [3.63, 3.8) is 0 Å². The molecule has 17 heavy (non-hydrogen) atoms. The number of hydrogen-bond acceptors (Lipinski definition) is 4. The number of pyridine rings is 1. The molecule has 0 radical (unpaired) electrons. The molecule has 4 heteroatoms. The predicted octanol–water partition coefficient (Wildman–Crippen LogP) is 0.740. The Balaban J connectivity index is 1.66. The molecule has 5 atom stereocenters. The maximum Gasteiger partial charge on any atom is 0.0522 e. The Hall–Kier alpha value is -0.970. The van der Waals surface area contributed by atoms with Crippen LogP contribution in [0.15, 0.2) is 24.5 Å². The molecular formula is C13H18N4. The molecular weight excluding hydrogens is 212 g/mol. The van der Waals surface area contributed by atoms with Gasteiger partial charge in [-0.15, -0.1) is 0 Å². The molecule has 3 saturated heterocycles. The Kier molecular flexibility index (Phi) is 2.21. The number of rotatable bonds is 1. The first-order valence-electron chi connectivity index (χ1n) is 6.59. The molecule has 3 aliphatic heterocycles. The van der Waals surface area contributed by atoms with Crippen LogP contribution in [0.4, 0.5) is 0 Å². The van der Waals surface area contributed by atoms with Crippen molar-refractivity contribution in [2.75, 3.05) is 0 Å². The van der Waals surface area contributed by atoms with Gasteiger partial charge in [-0.05, 0) is 37.0 Å². The Labute approximate surface area is 101 Å². The van der Waals surface area contributed by atoms with Crippen LogP contribution < -0.4 is 16.2 Å². The summed E-state index contributed by atoms with van der Waals surface area (Å²) in [6.45, 7) is 0. The highest BCUT2D eigenvalue weighted by molar-refractivity contribution is 5.21. The van der Waals surface area contributed by atoms with E-state index < -0.39 is 0 Å². The first kappa shape index (κ1) is 10.00. The summed E-state index contributed by atoms with van der Waals surface area (Å²) in [6.07, 6.45) is 7.71. The van der Waals surface area contributed by atoms with Gasteiger partial charge in [0.15, 0.2) is 0 Å². The fourth-order valence-electron chi connectivity index (χ4n) is 3.87. The molecule has 0 spiro atoms. The van der Waals surface area contributed by atoms with Gasteiger partial charge in [-0.2, -0.15) is 0 Å².